The predicted octanol–water partition coefficient (Wildman–Crippen LogP) is 1.91. The van der Waals surface area contributed by atoms with E-state index in [-0.39, 0.29) is 17.1 Å². The normalized spacial score (nSPS) is 23.7. The van der Waals surface area contributed by atoms with Crippen LogP contribution in [0.4, 0.5) is 17.1 Å². The highest BCUT2D eigenvalue weighted by Gasteiger charge is 2.48. The van der Waals surface area contributed by atoms with Gasteiger partial charge in [-0.1, -0.05) is 23.8 Å². The number of anilines is 3. The number of aryl methyl sites for hydroxylation is 1. The molecule has 244 valence electrons. The van der Waals surface area contributed by atoms with E-state index in [0.29, 0.717) is 11.1 Å². The molecule has 2 amide bonds. The molecular formula is C33H38N4O9. The van der Waals surface area contributed by atoms with E-state index in [4.69, 9.17) is 9.47 Å². The van der Waals surface area contributed by atoms with Crippen LogP contribution in [0.25, 0.3) is 0 Å². The first-order valence-electron chi connectivity index (χ1n) is 15.0. The van der Waals surface area contributed by atoms with Gasteiger partial charge in [0.25, 0.3) is 11.8 Å². The molecule has 6 N–H and O–H groups in total. The zero-order valence-corrected chi connectivity index (χ0v) is 25.5. The molecule has 0 unspecified atom stereocenters. The number of aliphatic hydroxyl groups excluding tert-OH is 3. The third-order valence-corrected chi connectivity index (χ3v) is 8.06. The zero-order chi connectivity index (χ0) is 33.0. The van der Waals surface area contributed by atoms with Crippen molar-refractivity contribution in [3.8, 4) is 5.75 Å². The van der Waals surface area contributed by atoms with Gasteiger partial charge in [-0.25, -0.2) is 4.79 Å². The fourth-order valence-electron chi connectivity index (χ4n) is 5.43. The summed E-state index contributed by atoms with van der Waals surface area (Å²) in [5.74, 6) is -2.68. The lowest BCUT2D eigenvalue weighted by molar-refractivity contribution is -0.271. The Kier molecular flexibility index (Phi) is 10.2. The molecule has 0 spiro atoms. The maximum Gasteiger partial charge on any atom is 0.335 e. The summed E-state index contributed by atoms with van der Waals surface area (Å²) in [7, 11) is 2.09. The molecule has 46 heavy (non-hydrogen) atoms. The fourth-order valence-corrected chi connectivity index (χ4v) is 5.43. The van der Waals surface area contributed by atoms with E-state index >= 15 is 0 Å². The summed E-state index contributed by atoms with van der Waals surface area (Å²) >= 11 is 0. The molecule has 2 aliphatic heterocycles. The summed E-state index contributed by atoms with van der Waals surface area (Å²) in [5.41, 5.74) is 2.68. The number of hydrogen-bond donors (Lipinski definition) is 6. The van der Waals surface area contributed by atoms with Crippen LogP contribution in [0.15, 0.2) is 66.7 Å². The predicted molar refractivity (Wildman–Crippen MR) is 169 cm³/mol. The van der Waals surface area contributed by atoms with Crippen molar-refractivity contribution in [1.29, 1.82) is 0 Å². The van der Waals surface area contributed by atoms with Crippen LogP contribution < -0.4 is 20.3 Å². The highest BCUT2D eigenvalue weighted by Crippen LogP contribution is 2.36. The largest absolute Gasteiger partial charge is 0.479 e. The smallest absolute Gasteiger partial charge is 0.335 e. The van der Waals surface area contributed by atoms with Crippen molar-refractivity contribution in [1.82, 2.24) is 4.90 Å². The molecule has 0 aliphatic carbocycles. The van der Waals surface area contributed by atoms with Gasteiger partial charge in [-0.3, -0.25) is 9.59 Å². The van der Waals surface area contributed by atoms with E-state index < -0.39 is 48.5 Å². The number of carbonyl (C=O) groups is 3. The van der Waals surface area contributed by atoms with Crippen molar-refractivity contribution >= 4 is 34.8 Å². The van der Waals surface area contributed by atoms with Crippen molar-refractivity contribution in [3.05, 3.63) is 83.4 Å². The highest BCUT2D eigenvalue weighted by atomic mass is 16.7. The molecule has 5 rings (SSSR count). The molecule has 3 aromatic rings. The number of benzene rings is 3. The Hall–Kier alpha value is -4.53. The summed E-state index contributed by atoms with van der Waals surface area (Å²) < 4.78 is 11.1. The maximum atomic E-state index is 13.6. The Morgan fingerprint density at radius 2 is 1.54 bits per heavy atom. The van der Waals surface area contributed by atoms with Crippen molar-refractivity contribution in [2.45, 2.75) is 44.1 Å². The minimum Gasteiger partial charge on any atom is -0.479 e. The summed E-state index contributed by atoms with van der Waals surface area (Å²) in [4.78, 5) is 42.9. The van der Waals surface area contributed by atoms with Crippen LogP contribution >= 0.6 is 0 Å². The molecule has 13 nitrogen and oxygen atoms in total. The number of carboxylic acids is 1. The first-order valence-corrected chi connectivity index (χ1v) is 15.0. The van der Waals surface area contributed by atoms with E-state index in [1.165, 1.54) is 18.2 Å². The molecule has 0 radical (unpaired) electrons. The van der Waals surface area contributed by atoms with E-state index in [1.807, 2.05) is 25.1 Å². The second kappa shape index (κ2) is 14.3. The number of para-hydroxylation sites is 1. The average Bonchev–Trinajstić information content (AvgIpc) is 3.26. The Bertz CT molecular complexity index is 1570. The molecule has 0 saturated carbocycles. The summed E-state index contributed by atoms with van der Waals surface area (Å²) in [6, 6.07) is 18.5. The van der Waals surface area contributed by atoms with Crippen LogP contribution in [0.5, 0.6) is 5.75 Å². The quantitative estimate of drug-likeness (QED) is 0.213. The van der Waals surface area contributed by atoms with Gasteiger partial charge in [0, 0.05) is 36.4 Å². The van der Waals surface area contributed by atoms with Gasteiger partial charge in [0.15, 0.2) is 6.10 Å². The summed E-state index contributed by atoms with van der Waals surface area (Å²) in [6.07, 6.45) is -8.27. The maximum absolute atomic E-state index is 13.6. The number of hydrogen-bond acceptors (Lipinski definition) is 10. The zero-order valence-electron chi connectivity index (χ0n) is 25.5. The van der Waals surface area contributed by atoms with Crippen LogP contribution in [-0.2, 0) is 9.53 Å². The minimum atomic E-state index is -1.91. The molecule has 0 bridgehead atoms. The van der Waals surface area contributed by atoms with Crippen molar-refractivity contribution < 1.29 is 44.3 Å². The minimum absolute atomic E-state index is 0.00331. The molecule has 2 fully saturated rings. The van der Waals surface area contributed by atoms with Gasteiger partial charge in [0.2, 0.25) is 6.29 Å². The summed E-state index contributed by atoms with van der Waals surface area (Å²) in [6.45, 7) is 5.55. The molecular weight excluding hydrogens is 596 g/mol. The Balaban J connectivity index is 1.43. The lowest BCUT2D eigenvalue weighted by Crippen LogP contribution is -2.61. The monoisotopic (exact) mass is 634 g/mol. The number of likely N-dealkylation sites (N-methyl/N-ethyl adjacent to an activating group) is 1. The SMILES string of the molecule is Cc1cccc(C(=O)Nc2cccc(O[C@@H]3O[C@H](C(=O)O)[C@@H](O)[C@H](O)[C@H]3O)c2NC(=O)c2ccc(N3CCCN(C)CC3)cc2)c1. The fraction of sp³-hybridized carbons (Fsp3) is 0.364. The van der Waals surface area contributed by atoms with Gasteiger partial charge in [0.1, 0.15) is 29.7 Å². The Labute approximate surface area is 266 Å². The topological polar surface area (TPSA) is 181 Å². The molecule has 3 aromatic carbocycles. The number of rotatable bonds is 8. The lowest BCUT2D eigenvalue weighted by Gasteiger charge is -2.38. The van der Waals surface area contributed by atoms with Crippen LogP contribution in [0.1, 0.15) is 32.7 Å². The van der Waals surface area contributed by atoms with Crippen molar-refractivity contribution in [2.24, 2.45) is 0 Å². The number of carboxylic acid groups (broad SMARTS) is 1. The molecule has 0 aromatic heterocycles. The van der Waals surface area contributed by atoms with Crippen LogP contribution in [-0.4, -0.2) is 107 Å². The van der Waals surface area contributed by atoms with Gasteiger partial charge >= 0.3 is 5.97 Å². The van der Waals surface area contributed by atoms with E-state index in [0.717, 1.165) is 43.9 Å². The van der Waals surface area contributed by atoms with Crippen molar-refractivity contribution in [2.75, 3.05) is 48.8 Å². The van der Waals surface area contributed by atoms with Gasteiger partial charge < -0.3 is 50.3 Å². The molecule has 13 heteroatoms. The number of aliphatic carboxylic acids is 1. The highest BCUT2D eigenvalue weighted by molar-refractivity contribution is 6.11. The van der Waals surface area contributed by atoms with E-state index in [2.05, 4.69) is 27.5 Å². The number of amides is 2. The number of nitrogens with one attached hydrogen (secondary N) is 2. The Morgan fingerprint density at radius 1 is 0.826 bits per heavy atom. The summed E-state index contributed by atoms with van der Waals surface area (Å²) in [5, 5.41) is 45.9. The number of aliphatic hydroxyl groups is 3. The molecule has 2 aliphatic rings. The third-order valence-electron chi connectivity index (χ3n) is 8.06. The standard InChI is InChI=1S/C33H38N4O9/c1-19-6-3-7-21(18-19)31(42)34-23-8-4-9-24(45-33-28(40)26(38)27(39)29(46-33)32(43)44)25(23)35-30(41)20-10-12-22(13-11-20)37-15-5-14-36(2)16-17-37/h3-4,6-13,18,26-29,33,38-40H,5,14-17H2,1-2H3,(H,34,42)(H,35,41)(H,43,44)/t26-,27-,28+,29-,33+/m0/s1. The number of ether oxygens (including phenoxy) is 2. The van der Waals surface area contributed by atoms with Crippen molar-refractivity contribution in [3.63, 3.8) is 0 Å². The van der Waals surface area contributed by atoms with Gasteiger partial charge in [-0.15, -0.1) is 0 Å². The van der Waals surface area contributed by atoms with Crippen LogP contribution in [0.3, 0.4) is 0 Å². The Morgan fingerprint density at radius 3 is 2.26 bits per heavy atom. The first kappa shape index (κ1) is 32.9. The average molecular weight is 635 g/mol. The molecule has 2 heterocycles. The van der Waals surface area contributed by atoms with Gasteiger partial charge in [-0.2, -0.15) is 0 Å². The second-order valence-electron chi connectivity index (χ2n) is 11.5. The molecule has 5 atom stereocenters. The second-order valence-corrected chi connectivity index (χ2v) is 11.5. The molecule has 2 saturated heterocycles. The van der Waals surface area contributed by atoms with Gasteiger partial charge in [-0.05, 0) is 75.5 Å². The van der Waals surface area contributed by atoms with Crippen LogP contribution in [0.2, 0.25) is 0 Å². The van der Waals surface area contributed by atoms with Gasteiger partial charge in [0.05, 0.1) is 5.69 Å². The van der Waals surface area contributed by atoms with E-state index in [9.17, 15) is 34.8 Å². The third kappa shape index (κ3) is 7.46. The van der Waals surface area contributed by atoms with E-state index in [1.54, 1.807) is 30.3 Å². The lowest BCUT2D eigenvalue weighted by atomic mass is 9.99. The number of nitrogens with zero attached hydrogens (tertiary/aromatic N) is 2. The van der Waals surface area contributed by atoms with Crippen LogP contribution in [0, 0.1) is 6.92 Å². The number of carbonyl (C=O) groups excluding carboxylic acids is 2. The first-order chi connectivity index (χ1) is 22.0.